The highest BCUT2D eigenvalue weighted by Gasteiger charge is 2.32. The van der Waals surface area contributed by atoms with E-state index in [4.69, 9.17) is 0 Å². The van der Waals surface area contributed by atoms with E-state index in [9.17, 15) is 0 Å². The molecule has 0 bridgehead atoms. The molecule has 102 valence electrons. The molecule has 0 heterocycles. The van der Waals surface area contributed by atoms with Crippen LogP contribution in [0.5, 0.6) is 0 Å². The van der Waals surface area contributed by atoms with E-state index in [1.165, 1.54) is 11.1 Å². The van der Waals surface area contributed by atoms with Crippen molar-refractivity contribution in [3.05, 3.63) is 35.4 Å². The van der Waals surface area contributed by atoms with Crippen molar-refractivity contribution in [2.75, 3.05) is 20.6 Å². The summed E-state index contributed by atoms with van der Waals surface area (Å²) in [6.45, 7) is 9.94. The number of benzene rings is 1. The van der Waals surface area contributed by atoms with Crippen LogP contribution in [-0.2, 0) is 6.42 Å². The molecule has 0 fully saturated rings. The SMILES string of the molecule is CCNC(c1cccc(CC)c1)C(C)(C)N(C)C. The molecule has 0 aliphatic heterocycles. The molecule has 0 amide bonds. The van der Waals surface area contributed by atoms with Gasteiger partial charge in [0.05, 0.1) is 6.04 Å². The fraction of sp³-hybridized carbons (Fsp3) is 0.625. The van der Waals surface area contributed by atoms with Gasteiger partial charge < -0.3 is 10.2 Å². The van der Waals surface area contributed by atoms with Crippen LogP contribution in [0.15, 0.2) is 24.3 Å². The molecule has 0 saturated heterocycles. The van der Waals surface area contributed by atoms with Crippen LogP contribution in [0.3, 0.4) is 0 Å². The van der Waals surface area contributed by atoms with E-state index in [-0.39, 0.29) is 5.54 Å². The van der Waals surface area contributed by atoms with E-state index in [2.05, 4.69) is 76.3 Å². The highest BCUT2D eigenvalue weighted by atomic mass is 15.2. The zero-order valence-electron chi connectivity index (χ0n) is 12.7. The molecule has 1 rings (SSSR count). The quantitative estimate of drug-likeness (QED) is 0.831. The van der Waals surface area contributed by atoms with Crippen LogP contribution in [0.4, 0.5) is 0 Å². The van der Waals surface area contributed by atoms with Gasteiger partial charge in [0.25, 0.3) is 0 Å². The van der Waals surface area contributed by atoms with Crippen molar-refractivity contribution in [1.29, 1.82) is 0 Å². The van der Waals surface area contributed by atoms with Gasteiger partial charge in [-0.15, -0.1) is 0 Å². The predicted molar refractivity (Wildman–Crippen MR) is 80.0 cm³/mol. The van der Waals surface area contributed by atoms with Crippen molar-refractivity contribution in [3.8, 4) is 0 Å². The van der Waals surface area contributed by atoms with Crippen LogP contribution in [-0.4, -0.2) is 31.1 Å². The number of likely N-dealkylation sites (N-methyl/N-ethyl adjacent to an activating group) is 2. The van der Waals surface area contributed by atoms with Gasteiger partial charge in [-0.05, 0) is 52.0 Å². The summed E-state index contributed by atoms with van der Waals surface area (Å²) in [6.07, 6.45) is 1.09. The topological polar surface area (TPSA) is 15.3 Å². The minimum Gasteiger partial charge on any atom is -0.309 e. The van der Waals surface area contributed by atoms with Gasteiger partial charge in [0.1, 0.15) is 0 Å². The number of hydrogen-bond donors (Lipinski definition) is 1. The van der Waals surface area contributed by atoms with Crippen LogP contribution >= 0.6 is 0 Å². The number of nitrogens with one attached hydrogen (secondary N) is 1. The van der Waals surface area contributed by atoms with Gasteiger partial charge in [0, 0.05) is 5.54 Å². The molecule has 1 aromatic rings. The van der Waals surface area contributed by atoms with Crippen molar-refractivity contribution in [2.45, 2.75) is 45.7 Å². The van der Waals surface area contributed by atoms with Crippen molar-refractivity contribution in [2.24, 2.45) is 0 Å². The highest BCUT2D eigenvalue weighted by molar-refractivity contribution is 5.28. The van der Waals surface area contributed by atoms with Gasteiger partial charge in [0.2, 0.25) is 0 Å². The van der Waals surface area contributed by atoms with Gasteiger partial charge in [-0.25, -0.2) is 0 Å². The molecule has 18 heavy (non-hydrogen) atoms. The molecular weight excluding hydrogens is 220 g/mol. The Balaban J connectivity index is 3.11. The molecule has 1 unspecified atom stereocenters. The Morgan fingerprint density at radius 3 is 2.39 bits per heavy atom. The lowest BCUT2D eigenvalue weighted by Gasteiger charge is -2.41. The Bertz CT molecular complexity index is 369. The molecular formula is C16H28N2. The first-order valence-electron chi connectivity index (χ1n) is 6.93. The predicted octanol–water partition coefficient (Wildman–Crippen LogP) is 3.24. The Morgan fingerprint density at radius 2 is 1.89 bits per heavy atom. The van der Waals surface area contributed by atoms with E-state index < -0.39 is 0 Å². The lowest BCUT2D eigenvalue weighted by Crippen LogP contribution is -2.49. The summed E-state index contributed by atoms with van der Waals surface area (Å²) in [5.74, 6) is 0. The summed E-state index contributed by atoms with van der Waals surface area (Å²) >= 11 is 0. The summed E-state index contributed by atoms with van der Waals surface area (Å²) in [4.78, 5) is 2.29. The van der Waals surface area contributed by atoms with E-state index >= 15 is 0 Å². The first-order chi connectivity index (χ1) is 8.43. The molecule has 2 heteroatoms. The van der Waals surface area contributed by atoms with E-state index in [0.717, 1.165) is 13.0 Å². The molecule has 1 aromatic carbocycles. The second kappa shape index (κ2) is 6.35. The summed E-state index contributed by atoms with van der Waals surface area (Å²) in [5, 5.41) is 3.63. The molecule has 1 atom stereocenters. The Labute approximate surface area is 112 Å². The zero-order chi connectivity index (χ0) is 13.8. The Kier molecular flexibility index (Phi) is 5.36. The van der Waals surface area contributed by atoms with Gasteiger partial charge in [-0.2, -0.15) is 0 Å². The number of nitrogens with zero attached hydrogens (tertiary/aromatic N) is 1. The van der Waals surface area contributed by atoms with Gasteiger partial charge in [-0.3, -0.25) is 0 Å². The van der Waals surface area contributed by atoms with Crippen LogP contribution in [0.2, 0.25) is 0 Å². The number of rotatable bonds is 6. The van der Waals surface area contributed by atoms with Crippen LogP contribution in [0, 0.1) is 0 Å². The second-order valence-electron chi connectivity index (χ2n) is 5.64. The van der Waals surface area contributed by atoms with Crippen LogP contribution in [0.25, 0.3) is 0 Å². The van der Waals surface area contributed by atoms with E-state index in [1.807, 2.05) is 0 Å². The molecule has 0 spiro atoms. The molecule has 1 N–H and O–H groups in total. The smallest absolute Gasteiger partial charge is 0.0501 e. The van der Waals surface area contributed by atoms with Crippen molar-refractivity contribution in [1.82, 2.24) is 10.2 Å². The van der Waals surface area contributed by atoms with Crippen molar-refractivity contribution < 1.29 is 0 Å². The minimum absolute atomic E-state index is 0.0857. The normalized spacial score (nSPS) is 13.9. The lowest BCUT2D eigenvalue weighted by atomic mass is 9.86. The zero-order valence-corrected chi connectivity index (χ0v) is 12.7. The maximum atomic E-state index is 3.63. The third-order valence-electron chi connectivity index (χ3n) is 3.96. The summed E-state index contributed by atoms with van der Waals surface area (Å²) in [6, 6.07) is 9.29. The number of hydrogen-bond acceptors (Lipinski definition) is 2. The first-order valence-corrected chi connectivity index (χ1v) is 6.93. The van der Waals surface area contributed by atoms with Crippen molar-refractivity contribution >= 4 is 0 Å². The maximum Gasteiger partial charge on any atom is 0.0501 e. The third-order valence-corrected chi connectivity index (χ3v) is 3.96. The minimum atomic E-state index is 0.0857. The standard InChI is InChI=1S/C16H28N2/c1-7-13-10-9-11-14(12-13)15(17-8-2)16(3,4)18(5)6/h9-12,15,17H,7-8H2,1-6H3. The fourth-order valence-electron chi connectivity index (χ4n) is 2.23. The van der Waals surface area contributed by atoms with Crippen LogP contribution in [0.1, 0.15) is 44.9 Å². The molecule has 0 aliphatic rings. The summed E-state index contributed by atoms with van der Waals surface area (Å²) in [7, 11) is 4.29. The van der Waals surface area contributed by atoms with E-state index in [1.54, 1.807) is 0 Å². The third kappa shape index (κ3) is 3.33. The van der Waals surface area contributed by atoms with Gasteiger partial charge in [0.15, 0.2) is 0 Å². The molecule has 0 aromatic heterocycles. The van der Waals surface area contributed by atoms with Crippen LogP contribution < -0.4 is 5.32 Å². The largest absolute Gasteiger partial charge is 0.309 e. The monoisotopic (exact) mass is 248 g/mol. The average molecular weight is 248 g/mol. The first kappa shape index (κ1) is 15.2. The molecule has 0 radical (unpaired) electrons. The fourth-order valence-corrected chi connectivity index (χ4v) is 2.23. The Morgan fingerprint density at radius 1 is 1.22 bits per heavy atom. The van der Waals surface area contributed by atoms with E-state index in [0.29, 0.717) is 6.04 Å². The Hall–Kier alpha value is -0.860. The van der Waals surface area contributed by atoms with Gasteiger partial charge in [-0.1, -0.05) is 38.1 Å². The maximum absolute atomic E-state index is 3.63. The molecule has 0 saturated carbocycles. The number of aryl methyl sites for hydroxylation is 1. The molecule has 2 nitrogen and oxygen atoms in total. The van der Waals surface area contributed by atoms with Gasteiger partial charge >= 0.3 is 0 Å². The summed E-state index contributed by atoms with van der Waals surface area (Å²) < 4.78 is 0. The molecule has 0 aliphatic carbocycles. The summed E-state index contributed by atoms with van der Waals surface area (Å²) in [5.41, 5.74) is 2.88. The van der Waals surface area contributed by atoms with Crippen molar-refractivity contribution in [3.63, 3.8) is 0 Å². The lowest BCUT2D eigenvalue weighted by molar-refractivity contribution is 0.139. The average Bonchev–Trinajstić information content (AvgIpc) is 2.35. The highest BCUT2D eigenvalue weighted by Crippen LogP contribution is 2.29. The second-order valence-corrected chi connectivity index (χ2v) is 5.64.